The van der Waals surface area contributed by atoms with Crippen LogP contribution in [0.2, 0.25) is 0 Å². The molecule has 0 fully saturated rings. The van der Waals surface area contributed by atoms with Gasteiger partial charge in [-0.15, -0.1) is 0 Å². The monoisotopic (exact) mass is 658 g/mol. The number of allylic oxidation sites excluding steroid dienone is 21. The molecule has 0 rings (SSSR count). The highest BCUT2D eigenvalue weighted by Crippen LogP contribution is 2.08. The van der Waals surface area contributed by atoms with Crippen molar-refractivity contribution in [2.24, 2.45) is 0 Å². The van der Waals surface area contributed by atoms with Crippen LogP contribution >= 0.6 is 0 Å². The Balaban J connectivity index is 0. The van der Waals surface area contributed by atoms with Gasteiger partial charge in [-0.2, -0.15) is 0 Å². The van der Waals surface area contributed by atoms with E-state index in [1.54, 1.807) is 12.2 Å². The van der Waals surface area contributed by atoms with Crippen molar-refractivity contribution in [2.75, 3.05) is 0 Å². The Kier molecular flexibility index (Phi) is 41.5. The average Bonchev–Trinajstić information content (AvgIpc) is 3.07. The number of rotatable bonds is 29. The van der Waals surface area contributed by atoms with Crippen LogP contribution in [0.1, 0.15) is 129 Å². The smallest absolute Gasteiger partial charge is 0.328 e. The van der Waals surface area contributed by atoms with Crippen LogP contribution in [0.5, 0.6) is 0 Å². The lowest BCUT2D eigenvalue weighted by Crippen LogP contribution is -1.93. The summed E-state index contributed by atoms with van der Waals surface area (Å²) in [7, 11) is 0. The highest BCUT2D eigenvalue weighted by molar-refractivity contribution is 5.80. The molecule has 266 valence electrons. The third-order valence-electron chi connectivity index (χ3n) is 6.77. The Morgan fingerprint density at radius 1 is 0.417 bits per heavy atom. The molecule has 0 atom stereocenters. The van der Waals surface area contributed by atoms with Crippen molar-refractivity contribution in [3.63, 3.8) is 0 Å². The van der Waals surface area contributed by atoms with E-state index in [1.807, 2.05) is 36.5 Å². The van der Waals surface area contributed by atoms with Crippen LogP contribution in [-0.2, 0) is 9.59 Å². The van der Waals surface area contributed by atoms with E-state index in [9.17, 15) is 9.59 Å². The van der Waals surface area contributed by atoms with E-state index in [2.05, 4.69) is 86.8 Å². The second-order valence-corrected chi connectivity index (χ2v) is 11.3. The first-order valence-electron chi connectivity index (χ1n) is 18.2. The fourth-order valence-electron chi connectivity index (χ4n) is 4.13. The van der Waals surface area contributed by atoms with Crippen molar-refractivity contribution >= 4 is 11.9 Å². The maximum absolute atomic E-state index is 10.3. The van der Waals surface area contributed by atoms with Gasteiger partial charge in [-0.1, -0.05) is 186 Å². The van der Waals surface area contributed by atoms with Gasteiger partial charge in [0.25, 0.3) is 0 Å². The van der Waals surface area contributed by atoms with Crippen molar-refractivity contribution in [2.45, 2.75) is 129 Å². The molecule has 48 heavy (non-hydrogen) atoms. The Morgan fingerprint density at radius 2 is 0.812 bits per heavy atom. The standard InChI is InChI=1S/C22H34O2.C22H32O2/c2*1-2-3-4-5-6-7-8-9-10-11-12-13-14-15-16-17-18-19-20-21-22(23)24/h3-4,6-7,9-10,12-13,15-16H,2,5,8,11,14,17-21H2,1H3,(H,23,24);10-21H,2-9H2,1H3,(H,23,24). The molecule has 0 unspecified atom stereocenters. The van der Waals surface area contributed by atoms with Crippen molar-refractivity contribution in [1.29, 1.82) is 0 Å². The molecule has 0 aromatic carbocycles. The maximum atomic E-state index is 10.3. The first-order valence-corrected chi connectivity index (χ1v) is 18.2. The molecule has 0 aliphatic heterocycles. The molecule has 2 N–H and O–H groups in total. The molecule has 0 radical (unpaired) electrons. The summed E-state index contributed by atoms with van der Waals surface area (Å²) >= 11 is 0. The largest absolute Gasteiger partial charge is 0.481 e. The molecule has 0 aliphatic rings. The number of carbonyl (C=O) groups is 2. The van der Waals surface area contributed by atoms with Gasteiger partial charge in [-0.25, -0.2) is 4.79 Å². The molecule has 0 aromatic rings. The predicted octanol–water partition coefficient (Wildman–Crippen LogP) is 13.3. The van der Waals surface area contributed by atoms with Crippen molar-refractivity contribution in [3.05, 3.63) is 134 Å². The van der Waals surface area contributed by atoms with Gasteiger partial charge in [0, 0.05) is 12.5 Å². The highest BCUT2D eigenvalue weighted by atomic mass is 16.4. The molecule has 0 amide bonds. The number of carboxylic acid groups (broad SMARTS) is 2. The summed E-state index contributed by atoms with van der Waals surface area (Å²) < 4.78 is 0. The normalized spacial score (nSPS) is 12.9. The second kappa shape index (κ2) is 43.1. The molecular weight excluding hydrogens is 592 g/mol. The summed E-state index contributed by atoms with van der Waals surface area (Å²) in [5.74, 6) is -1.63. The lowest BCUT2D eigenvalue weighted by atomic mass is 10.1. The second-order valence-electron chi connectivity index (χ2n) is 11.3. The van der Waals surface area contributed by atoms with Gasteiger partial charge < -0.3 is 10.2 Å². The zero-order chi connectivity index (χ0) is 35.4. The fraction of sp³-hybridized carbons (Fsp3) is 0.455. The Labute approximate surface area is 294 Å². The molecule has 0 aromatic heterocycles. The molecular formula is C44H66O4. The van der Waals surface area contributed by atoms with Gasteiger partial charge in [0.05, 0.1) is 0 Å². The van der Waals surface area contributed by atoms with E-state index in [0.717, 1.165) is 70.3 Å². The van der Waals surface area contributed by atoms with E-state index >= 15 is 0 Å². The van der Waals surface area contributed by atoms with Crippen LogP contribution in [-0.4, -0.2) is 22.2 Å². The zero-order valence-electron chi connectivity index (χ0n) is 30.1. The lowest BCUT2D eigenvalue weighted by Gasteiger charge is -1.98. The topological polar surface area (TPSA) is 74.6 Å². The van der Waals surface area contributed by atoms with Crippen molar-refractivity contribution in [1.82, 2.24) is 0 Å². The van der Waals surface area contributed by atoms with E-state index in [0.29, 0.717) is 6.42 Å². The number of hydrogen-bond acceptors (Lipinski definition) is 2. The first kappa shape index (κ1) is 46.2. The minimum Gasteiger partial charge on any atom is -0.481 e. The summed E-state index contributed by atoms with van der Waals surface area (Å²) in [6, 6.07) is 0. The Hall–Kier alpha value is -3.92. The minimum absolute atomic E-state index is 0.297. The van der Waals surface area contributed by atoms with Crippen LogP contribution in [0.25, 0.3) is 0 Å². The Morgan fingerprint density at radius 3 is 1.29 bits per heavy atom. The number of carboxylic acids is 2. The summed E-state index contributed by atoms with van der Waals surface area (Å²) in [4.78, 5) is 20.6. The molecule has 0 saturated carbocycles. The first-order chi connectivity index (χ1) is 23.5. The molecule has 0 aliphatic carbocycles. The third kappa shape index (κ3) is 49.0. The van der Waals surface area contributed by atoms with Gasteiger partial charge in [0.1, 0.15) is 0 Å². The highest BCUT2D eigenvalue weighted by Gasteiger charge is 1.94. The molecule has 0 saturated heterocycles. The Bertz CT molecular complexity index is 1060. The fourth-order valence-corrected chi connectivity index (χ4v) is 4.13. The quantitative estimate of drug-likeness (QED) is 0.0363. The predicted molar refractivity (Wildman–Crippen MR) is 210 cm³/mol. The van der Waals surface area contributed by atoms with Gasteiger partial charge >= 0.3 is 11.9 Å². The van der Waals surface area contributed by atoms with Crippen LogP contribution in [0.3, 0.4) is 0 Å². The molecule has 4 heteroatoms. The van der Waals surface area contributed by atoms with Gasteiger partial charge in [0.2, 0.25) is 0 Å². The van der Waals surface area contributed by atoms with Crippen LogP contribution in [0, 0.1) is 0 Å². The molecule has 0 spiro atoms. The van der Waals surface area contributed by atoms with Gasteiger partial charge in [0.15, 0.2) is 0 Å². The van der Waals surface area contributed by atoms with E-state index in [1.165, 1.54) is 51.0 Å². The number of aliphatic carboxylic acids is 2. The maximum Gasteiger partial charge on any atom is 0.328 e. The molecule has 0 bridgehead atoms. The van der Waals surface area contributed by atoms with E-state index in [4.69, 9.17) is 10.2 Å². The van der Waals surface area contributed by atoms with Crippen LogP contribution < -0.4 is 0 Å². The van der Waals surface area contributed by atoms with Crippen LogP contribution in [0.4, 0.5) is 0 Å². The average molecular weight is 659 g/mol. The summed E-state index contributed by atoms with van der Waals surface area (Å²) in [5.41, 5.74) is 0. The minimum atomic E-state index is -0.936. The SMILES string of the molecule is CCC=CCC=CCC=CCC=CCC=CCCCCCC(=O)O.CCCCCCCCCC=CC=CC=CC=CC=CC=CC(=O)O. The number of unbranched alkanes of at least 4 members (excludes halogenated alkanes) is 10. The van der Waals surface area contributed by atoms with Crippen molar-refractivity contribution in [3.8, 4) is 0 Å². The van der Waals surface area contributed by atoms with E-state index < -0.39 is 11.9 Å². The van der Waals surface area contributed by atoms with Gasteiger partial charge in [-0.05, 0) is 64.2 Å². The molecule has 0 heterocycles. The lowest BCUT2D eigenvalue weighted by molar-refractivity contribution is -0.137. The zero-order valence-corrected chi connectivity index (χ0v) is 30.1. The van der Waals surface area contributed by atoms with Gasteiger partial charge in [-0.3, -0.25) is 4.79 Å². The van der Waals surface area contributed by atoms with E-state index in [-0.39, 0.29) is 0 Å². The van der Waals surface area contributed by atoms with Crippen molar-refractivity contribution < 1.29 is 19.8 Å². The summed E-state index contributed by atoms with van der Waals surface area (Å²) in [6.07, 6.45) is 64.1. The summed E-state index contributed by atoms with van der Waals surface area (Å²) in [5, 5.41) is 16.9. The number of hydrogen-bond donors (Lipinski definition) is 2. The third-order valence-corrected chi connectivity index (χ3v) is 6.77. The summed E-state index contributed by atoms with van der Waals surface area (Å²) in [6.45, 7) is 4.40. The molecule has 4 nitrogen and oxygen atoms in total. The van der Waals surface area contributed by atoms with Crippen LogP contribution in [0.15, 0.2) is 134 Å².